The largest absolute Gasteiger partial charge is 0.335 e. The van der Waals surface area contributed by atoms with Gasteiger partial charge in [-0.3, -0.25) is 5.10 Å². The standard InChI is InChI=1S/C23H22N8S2/c1-14-3-7-16(8-4-14)19-11-20(28-27-19)21-29-30-23(31(21)24)33-13-18-12-32-22(26-18)25-17-9-5-15(2)6-10-17/h3-12H,13,24H2,1-2H3,(H,25,26)(H,27,28). The second kappa shape index (κ2) is 9.08. The summed E-state index contributed by atoms with van der Waals surface area (Å²) in [6, 6.07) is 18.4. The zero-order chi connectivity index (χ0) is 22.8. The van der Waals surface area contributed by atoms with Crippen LogP contribution in [0, 0.1) is 13.8 Å². The van der Waals surface area contributed by atoms with E-state index in [1.165, 1.54) is 27.6 Å². The van der Waals surface area contributed by atoms with Gasteiger partial charge in [0, 0.05) is 22.4 Å². The number of H-pyrrole nitrogens is 1. The van der Waals surface area contributed by atoms with Crippen molar-refractivity contribution >= 4 is 33.9 Å². The Morgan fingerprint density at radius 1 is 1.03 bits per heavy atom. The van der Waals surface area contributed by atoms with Crippen LogP contribution < -0.4 is 11.2 Å². The van der Waals surface area contributed by atoms with E-state index in [-0.39, 0.29) is 0 Å². The van der Waals surface area contributed by atoms with E-state index >= 15 is 0 Å². The molecule has 10 heteroatoms. The summed E-state index contributed by atoms with van der Waals surface area (Å²) >= 11 is 3.06. The molecule has 0 radical (unpaired) electrons. The average molecular weight is 475 g/mol. The van der Waals surface area contributed by atoms with E-state index < -0.39 is 0 Å². The maximum absolute atomic E-state index is 6.28. The fraction of sp³-hybridized carbons (Fsp3) is 0.130. The number of nitrogens with one attached hydrogen (secondary N) is 2. The molecule has 0 fully saturated rings. The highest BCUT2D eigenvalue weighted by Crippen LogP contribution is 2.28. The molecule has 3 heterocycles. The van der Waals surface area contributed by atoms with Crippen molar-refractivity contribution in [2.45, 2.75) is 24.8 Å². The molecule has 0 saturated heterocycles. The van der Waals surface area contributed by atoms with Gasteiger partial charge in [-0.15, -0.1) is 21.5 Å². The molecule has 0 spiro atoms. The fourth-order valence-electron chi connectivity index (χ4n) is 3.20. The van der Waals surface area contributed by atoms with Gasteiger partial charge < -0.3 is 11.2 Å². The number of aromatic nitrogens is 6. The van der Waals surface area contributed by atoms with Gasteiger partial charge in [-0.2, -0.15) is 5.10 Å². The number of hydrogen-bond donors (Lipinski definition) is 3. The molecule has 4 N–H and O–H groups in total. The van der Waals surface area contributed by atoms with E-state index in [0.29, 0.717) is 22.4 Å². The topological polar surface area (TPSA) is 110 Å². The second-order valence-corrected chi connectivity index (χ2v) is 9.43. The molecule has 8 nitrogen and oxygen atoms in total. The van der Waals surface area contributed by atoms with Crippen molar-refractivity contribution in [1.82, 2.24) is 30.1 Å². The first-order chi connectivity index (χ1) is 16.0. The predicted octanol–water partition coefficient (Wildman–Crippen LogP) is 5.16. The zero-order valence-electron chi connectivity index (χ0n) is 18.1. The van der Waals surface area contributed by atoms with Crippen molar-refractivity contribution in [2.24, 2.45) is 0 Å². The Morgan fingerprint density at radius 3 is 2.52 bits per heavy atom. The third kappa shape index (κ3) is 4.76. The first-order valence-corrected chi connectivity index (χ1v) is 12.2. The number of nitrogens with two attached hydrogens (primary N) is 1. The van der Waals surface area contributed by atoms with Gasteiger partial charge in [0.2, 0.25) is 11.0 Å². The predicted molar refractivity (Wildman–Crippen MR) is 134 cm³/mol. The lowest BCUT2D eigenvalue weighted by molar-refractivity contribution is 0.847. The normalized spacial score (nSPS) is 11.1. The minimum Gasteiger partial charge on any atom is -0.335 e. The van der Waals surface area contributed by atoms with Crippen molar-refractivity contribution in [3.8, 4) is 22.8 Å². The Labute approximate surface area is 199 Å². The summed E-state index contributed by atoms with van der Waals surface area (Å²) < 4.78 is 1.48. The van der Waals surface area contributed by atoms with Crippen LogP contribution in [0.4, 0.5) is 10.8 Å². The van der Waals surface area contributed by atoms with E-state index in [0.717, 1.165) is 27.8 Å². The van der Waals surface area contributed by atoms with Gasteiger partial charge >= 0.3 is 0 Å². The summed E-state index contributed by atoms with van der Waals surface area (Å²) in [5, 5.41) is 22.7. The summed E-state index contributed by atoms with van der Waals surface area (Å²) in [4.78, 5) is 4.65. The molecule has 33 heavy (non-hydrogen) atoms. The lowest BCUT2D eigenvalue weighted by Gasteiger charge is -2.02. The monoisotopic (exact) mass is 474 g/mol. The zero-order valence-corrected chi connectivity index (χ0v) is 19.7. The minimum absolute atomic E-state index is 0.531. The number of aryl methyl sites for hydroxylation is 2. The van der Waals surface area contributed by atoms with E-state index in [4.69, 9.17) is 5.84 Å². The van der Waals surface area contributed by atoms with Crippen LogP contribution in [0.2, 0.25) is 0 Å². The lowest BCUT2D eigenvalue weighted by Crippen LogP contribution is -2.11. The Morgan fingerprint density at radius 2 is 1.76 bits per heavy atom. The quantitative estimate of drug-likeness (QED) is 0.221. The third-order valence-electron chi connectivity index (χ3n) is 5.03. The summed E-state index contributed by atoms with van der Waals surface area (Å²) in [6.45, 7) is 4.13. The van der Waals surface area contributed by atoms with Crippen molar-refractivity contribution in [3.05, 3.63) is 76.8 Å². The highest BCUT2D eigenvalue weighted by molar-refractivity contribution is 7.98. The first kappa shape index (κ1) is 21.2. The maximum atomic E-state index is 6.28. The van der Waals surface area contributed by atoms with Crippen LogP contribution in [0.15, 0.2) is 65.1 Å². The van der Waals surface area contributed by atoms with Gasteiger partial charge in [0.15, 0.2) is 5.13 Å². The molecule has 0 amide bonds. The van der Waals surface area contributed by atoms with Gasteiger partial charge in [-0.25, -0.2) is 9.66 Å². The molecule has 166 valence electrons. The third-order valence-corrected chi connectivity index (χ3v) is 6.82. The number of anilines is 2. The Kier molecular flexibility index (Phi) is 5.84. The van der Waals surface area contributed by atoms with Crippen LogP contribution in [-0.2, 0) is 5.75 Å². The number of benzene rings is 2. The smallest absolute Gasteiger partial charge is 0.210 e. The molecular formula is C23H22N8S2. The molecular weight excluding hydrogens is 452 g/mol. The highest BCUT2D eigenvalue weighted by Gasteiger charge is 2.16. The minimum atomic E-state index is 0.531. The Balaban J connectivity index is 1.24. The van der Waals surface area contributed by atoms with Crippen molar-refractivity contribution in [2.75, 3.05) is 11.2 Å². The molecule has 0 bridgehead atoms. The number of thiazole rings is 1. The lowest BCUT2D eigenvalue weighted by atomic mass is 10.1. The van der Waals surface area contributed by atoms with Crippen LogP contribution in [0.5, 0.6) is 0 Å². The molecule has 5 rings (SSSR count). The molecule has 0 unspecified atom stereocenters. The molecule has 0 aliphatic rings. The number of aromatic amines is 1. The number of nitrogen functional groups attached to an aromatic ring is 1. The number of thioether (sulfide) groups is 1. The van der Waals surface area contributed by atoms with Crippen molar-refractivity contribution in [1.29, 1.82) is 0 Å². The molecule has 0 saturated carbocycles. The van der Waals surface area contributed by atoms with Gasteiger partial charge in [0.25, 0.3) is 0 Å². The number of hydrogen-bond acceptors (Lipinski definition) is 8. The van der Waals surface area contributed by atoms with Gasteiger partial charge in [-0.05, 0) is 32.0 Å². The van der Waals surface area contributed by atoms with Crippen LogP contribution in [0.3, 0.4) is 0 Å². The maximum Gasteiger partial charge on any atom is 0.210 e. The number of nitrogens with zero attached hydrogens (tertiary/aromatic N) is 5. The van der Waals surface area contributed by atoms with E-state index in [2.05, 4.69) is 68.8 Å². The van der Waals surface area contributed by atoms with Crippen LogP contribution in [0.1, 0.15) is 16.8 Å². The molecule has 5 aromatic rings. The molecule has 2 aromatic carbocycles. The van der Waals surface area contributed by atoms with Gasteiger partial charge in [0.05, 0.1) is 11.4 Å². The van der Waals surface area contributed by atoms with Gasteiger partial charge in [0.1, 0.15) is 5.69 Å². The van der Waals surface area contributed by atoms with E-state index in [1.807, 2.05) is 35.7 Å². The average Bonchev–Trinajstić information content (AvgIpc) is 3.55. The van der Waals surface area contributed by atoms with Gasteiger partial charge in [-0.1, -0.05) is 59.3 Å². The van der Waals surface area contributed by atoms with Crippen LogP contribution in [-0.4, -0.2) is 30.1 Å². The number of rotatable bonds is 7. The second-order valence-electron chi connectivity index (χ2n) is 7.63. The first-order valence-electron chi connectivity index (χ1n) is 10.3. The molecule has 0 aliphatic heterocycles. The summed E-state index contributed by atoms with van der Waals surface area (Å²) in [7, 11) is 0. The highest BCUT2D eigenvalue weighted by atomic mass is 32.2. The van der Waals surface area contributed by atoms with Crippen molar-refractivity contribution < 1.29 is 0 Å². The fourth-order valence-corrected chi connectivity index (χ4v) is 4.78. The molecule has 0 atom stereocenters. The SMILES string of the molecule is Cc1ccc(Nc2nc(CSc3nnc(-c4cc(-c5ccc(C)cc5)n[nH]4)n3N)cs2)cc1. The Hall–Kier alpha value is -3.63. The Bertz CT molecular complexity index is 1370. The summed E-state index contributed by atoms with van der Waals surface area (Å²) in [5.74, 6) is 7.45. The summed E-state index contributed by atoms with van der Waals surface area (Å²) in [5.41, 5.74) is 6.97. The van der Waals surface area contributed by atoms with E-state index in [9.17, 15) is 0 Å². The van der Waals surface area contributed by atoms with Crippen molar-refractivity contribution in [3.63, 3.8) is 0 Å². The van der Waals surface area contributed by atoms with E-state index in [1.54, 1.807) is 11.3 Å². The van der Waals surface area contributed by atoms with Crippen LogP contribution >= 0.6 is 23.1 Å². The van der Waals surface area contributed by atoms with Crippen LogP contribution in [0.25, 0.3) is 22.8 Å². The molecule has 0 aliphatic carbocycles. The summed E-state index contributed by atoms with van der Waals surface area (Å²) in [6.07, 6.45) is 0. The molecule has 3 aromatic heterocycles.